The second-order valence-electron chi connectivity index (χ2n) is 6.84. The summed E-state index contributed by atoms with van der Waals surface area (Å²) in [6, 6.07) is 14.9. The fourth-order valence-corrected chi connectivity index (χ4v) is 4.01. The smallest absolute Gasteiger partial charge is 0.348 e. The van der Waals surface area contributed by atoms with E-state index < -0.39 is 5.97 Å². The van der Waals surface area contributed by atoms with Crippen LogP contribution in [0.1, 0.15) is 31.2 Å². The Morgan fingerprint density at radius 3 is 2.59 bits per heavy atom. The third kappa shape index (κ3) is 4.17. The number of hydrogen-bond donors (Lipinski definition) is 0. The number of carbonyl (C=O) groups is 2. The molecule has 3 aromatic rings. The number of carbonyl (C=O) groups excluding carboxylic acids is 2. The molecule has 29 heavy (non-hydrogen) atoms. The summed E-state index contributed by atoms with van der Waals surface area (Å²) >= 11 is 1.32. The largest absolute Gasteiger partial charge is 0.486 e. The van der Waals surface area contributed by atoms with Crippen molar-refractivity contribution in [2.24, 2.45) is 0 Å². The van der Waals surface area contributed by atoms with Crippen molar-refractivity contribution in [2.75, 3.05) is 19.8 Å². The van der Waals surface area contributed by atoms with Crippen molar-refractivity contribution in [3.63, 3.8) is 0 Å². The van der Waals surface area contributed by atoms with Gasteiger partial charge in [0.25, 0.3) is 0 Å². The summed E-state index contributed by atoms with van der Waals surface area (Å²) in [6.07, 6.45) is 0. The summed E-state index contributed by atoms with van der Waals surface area (Å²) in [4.78, 5) is 26.2. The molecule has 5 nitrogen and oxygen atoms in total. The van der Waals surface area contributed by atoms with Crippen molar-refractivity contribution in [3.8, 4) is 21.9 Å². The second-order valence-corrected chi connectivity index (χ2v) is 7.92. The molecule has 1 aliphatic heterocycles. The highest BCUT2D eigenvalue weighted by molar-refractivity contribution is 7.17. The predicted molar refractivity (Wildman–Crippen MR) is 111 cm³/mol. The van der Waals surface area contributed by atoms with Crippen LogP contribution in [-0.4, -0.2) is 31.6 Å². The summed E-state index contributed by atoms with van der Waals surface area (Å²) in [5.74, 6) is 0.715. The van der Waals surface area contributed by atoms with Gasteiger partial charge in [0, 0.05) is 10.4 Å². The molecule has 1 aliphatic rings. The number of aryl methyl sites for hydroxylation is 2. The Hall–Kier alpha value is -3.12. The number of ketones is 1. The summed E-state index contributed by atoms with van der Waals surface area (Å²) in [6.45, 7) is 4.58. The Balaban J connectivity index is 1.43. The summed E-state index contributed by atoms with van der Waals surface area (Å²) in [7, 11) is 0. The first-order valence-electron chi connectivity index (χ1n) is 9.29. The molecule has 0 N–H and O–H groups in total. The van der Waals surface area contributed by atoms with Gasteiger partial charge in [0.2, 0.25) is 5.78 Å². The van der Waals surface area contributed by atoms with E-state index in [2.05, 4.69) is 0 Å². The van der Waals surface area contributed by atoms with E-state index in [4.69, 9.17) is 14.2 Å². The quantitative estimate of drug-likeness (QED) is 0.446. The molecule has 1 aromatic heterocycles. The first-order chi connectivity index (χ1) is 14.0. The number of benzene rings is 2. The molecular weight excluding hydrogens is 388 g/mol. The van der Waals surface area contributed by atoms with Gasteiger partial charge in [-0.3, -0.25) is 4.79 Å². The summed E-state index contributed by atoms with van der Waals surface area (Å²) < 4.78 is 16.4. The minimum absolute atomic E-state index is 0.205. The van der Waals surface area contributed by atoms with Gasteiger partial charge in [0.05, 0.1) is 0 Å². The van der Waals surface area contributed by atoms with E-state index in [9.17, 15) is 9.59 Å². The van der Waals surface area contributed by atoms with E-state index in [0.717, 1.165) is 27.3 Å². The average molecular weight is 408 g/mol. The molecule has 0 unspecified atom stereocenters. The Kier molecular flexibility index (Phi) is 5.36. The van der Waals surface area contributed by atoms with Gasteiger partial charge in [-0.15, -0.1) is 11.3 Å². The van der Waals surface area contributed by atoms with Crippen LogP contribution in [0, 0.1) is 13.8 Å². The molecule has 148 valence electrons. The van der Waals surface area contributed by atoms with Gasteiger partial charge in [-0.05, 0) is 61.4 Å². The zero-order chi connectivity index (χ0) is 20.4. The Morgan fingerprint density at radius 2 is 1.76 bits per heavy atom. The lowest BCUT2D eigenvalue weighted by Crippen LogP contribution is -2.15. The van der Waals surface area contributed by atoms with Gasteiger partial charge in [0.15, 0.2) is 18.1 Å². The lowest BCUT2D eigenvalue weighted by molar-refractivity contribution is 0.0479. The number of hydrogen-bond acceptors (Lipinski definition) is 6. The van der Waals surface area contributed by atoms with Gasteiger partial charge in [-0.25, -0.2) is 4.79 Å². The van der Waals surface area contributed by atoms with Crippen LogP contribution in [0.25, 0.3) is 10.4 Å². The molecule has 0 fully saturated rings. The zero-order valence-corrected chi connectivity index (χ0v) is 17.0. The zero-order valence-electron chi connectivity index (χ0n) is 16.2. The molecule has 4 rings (SSSR count). The van der Waals surface area contributed by atoms with Gasteiger partial charge >= 0.3 is 5.97 Å². The fraction of sp³-hybridized carbons (Fsp3) is 0.217. The Labute approximate surface area is 172 Å². The van der Waals surface area contributed by atoms with Crippen molar-refractivity contribution >= 4 is 23.1 Å². The van der Waals surface area contributed by atoms with Gasteiger partial charge in [-0.1, -0.05) is 17.7 Å². The number of esters is 1. The molecule has 2 aromatic carbocycles. The minimum atomic E-state index is -0.502. The standard InChI is InChI=1S/C23H20O5S/c1-14-3-4-15(2)17(11-14)18(24)13-28-23(25)22-8-7-21(29-22)16-5-6-19-20(12-16)27-10-9-26-19/h3-8,11-12H,9-10,13H2,1-2H3. The van der Waals surface area contributed by atoms with Gasteiger partial charge in [-0.2, -0.15) is 0 Å². The monoisotopic (exact) mass is 408 g/mol. The number of fused-ring (bicyclic) bond motifs is 1. The van der Waals surface area contributed by atoms with Crippen LogP contribution < -0.4 is 9.47 Å². The molecule has 0 bridgehead atoms. The summed E-state index contributed by atoms with van der Waals surface area (Å²) in [5, 5.41) is 0. The first kappa shape index (κ1) is 19.2. The molecule has 0 aliphatic carbocycles. The van der Waals surface area contributed by atoms with Crippen molar-refractivity contribution in [1.29, 1.82) is 0 Å². The fourth-order valence-electron chi connectivity index (χ4n) is 3.12. The number of Topliss-reactive ketones (excluding diaryl/α,β-unsaturated/α-hetero) is 1. The highest BCUT2D eigenvalue weighted by Gasteiger charge is 2.17. The van der Waals surface area contributed by atoms with Crippen LogP contribution in [0.5, 0.6) is 11.5 Å². The van der Waals surface area contributed by atoms with E-state index >= 15 is 0 Å². The molecule has 0 radical (unpaired) electrons. The minimum Gasteiger partial charge on any atom is -0.486 e. The molecule has 6 heteroatoms. The maximum absolute atomic E-state index is 12.4. The molecule has 0 atom stereocenters. The van der Waals surface area contributed by atoms with E-state index in [1.54, 1.807) is 6.07 Å². The SMILES string of the molecule is Cc1ccc(C)c(C(=O)COC(=O)c2ccc(-c3ccc4c(c3)OCCO4)s2)c1. The average Bonchev–Trinajstić information content (AvgIpc) is 3.23. The normalized spacial score (nSPS) is 12.5. The third-order valence-corrected chi connectivity index (χ3v) is 5.78. The van der Waals surface area contributed by atoms with Crippen molar-refractivity contribution in [2.45, 2.75) is 13.8 Å². The molecule has 2 heterocycles. The van der Waals surface area contributed by atoms with Crippen molar-refractivity contribution < 1.29 is 23.8 Å². The maximum atomic E-state index is 12.4. The second kappa shape index (κ2) is 8.09. The molecule has 0 amide bonds. The van der Waals surface area contributed by atoms with Crippen LogP contribution in [-0.2, 0) is 4.74 Å². The predicted octanol–water partition coefficient (Wildman–Crippen LogP) is 4.84. The van der Waals surface area contributed by atoms with Gasteiger partial charge in [0.1, 0.15) is 18.1 Å². The highest BCUT2D eigenvalue weighted by atomic mass is 32.1. The van der Waals surface area contributed by atoms with Crippen LogP contribution in [0.3, 0.4) is 0 Å². The Morgan fingerprint density at radius 1 is 0.966 bits per heavy atom. The topological polar surface area (TPSA) is 61.8 Å². The maximum Gasteiger partial charge on any atom is 0.348 e. The lowest BCUT2D eigenvalue weighted by Gasteiger charge is -2.18. The molecule has 0 saturated heterocycles. The Bertz CT molecular complexity index is 1080. The van der Waals surface area contributed by atoms with Crippen LogP contribution >= 0.6 is 11.3 Å². The number of thiophene rings is 1. The first-order valence-corrected chi connectivity index (χ1v) is 10.1. The van der Waals surface area contributed by atoms with E-state index in [0.29, 0.717) is 29.4 Å². The van der Waals surface area contributed by atoms with Gasteiger partial charge < -0.3 is 14.2 Å². The third-order valence-electron chi connectivity index (χ3n) is 4.66. The lowest BCUT2D eigenvalue weighted by atomic mass is 10.0. The van der Waals surface area contributed by atoms with Crippen LogP contribution in [0.2, 0.25) is 0 Å². The highest BCUT2D eigenvalue weighted by Crippen LogP contribution is 2.37. The van der Waals surface area contributed by atoms with E-state index in [1.807, 2.05) is 56.3 Å². The molecule has 0 spiro atoms. The van der Waals surface area contributed by atoms with Crippen LogP contribution in [0.15, 0.2) is 48.5 Å². The van der Waals surface area contributed by atoms with Crippen molar-refractivity contribution in [3.05, 3.63) is 70.1 Å². The van der Waals surface area contributed by atoms with Crippen molar-refractivity contribution in [1.82, 2.24) is 0 Å². The number of rotatable bonds is 5. The molecule has 0 saturated carbocycles. The van der Waals surface area contributed by atoms with E-state index in [1.165, 1.54) is 11.3 Å². The van der Waals surface area contributed by atoms with E-state index in [-0.39, 0.29) is 12.4 Å². The number of ether oxygens (including phenoxy) is 3. The molecular formula is C23H20O5S. The summed E-state index contributed by atoms with van der Waals surface area (Å²) in [5.41, 5.74) is 3.38. The van der Waals surface area contributed by atoms with Crippen LogP contribution in [0.4, 0.5) is 0 Å².